The number of carbonyl (C=O) groups is 1. The monoisotopic (exact) mass is 557 g/mol. The average Bonchev–Trinajstić information content (AvgIpc) is 3.42. The largest absolute Gasteiger partial charge is 0.366 e. The summed E-state index contributed by atoms with van der Waals surface area (Å²) in [5.74, 6) is -0.528. The number of hydrogen-bond acceptors (Lipinski definition) is 8. The fourth-order valence-electron chi connectivity index (χ4n) is 5.65. The Bertz CT molecular complexity index is 1490. The van der Waals surface area contributed by atoms with Crippen molar-refractivity contribution in [2.75, 3.05) is 29.0 Å². The van der Waals surface area contributed by atoms with Gasteiger partial charge in [0.2, 0.25) is 0 Å². The first kappa shape index (κ1) is 27.1. The number of carbonyl (C=O) groups excluding carboxylic acids is 1. The number of imidazole rings is 1. The summed E-state index contributed by atoms with van der Waals surface area (Å²) in [5.41, 5.74) is 9.70. The molecule has 1 saturated carbocycles. The molecule has 4 heterocycles. The fourth-order valence-corrected chi connectivity index (χ4v) is 5.65. The Labute approximate surface area is 238 Å². The van der Waals surface area contributed by atoms with Crippen molar-refractivity contribution in [3.63, 3.8) is 0 Å². The zero-order valence-electron chi connectivity index (χ0n) is 23.0. The molecule has 0 radical (unpaired) electrons. The number of nitrogens with zero attached hydrogens (tertiary/aromatic N) is 5. The lowest BCUT2D eigenvalue weighted by atomic mass is 9.92. The van der Waals surface area contributed by atoms with Gasteiger partial charge in [-0.1, -0.05) is 18.6 Å². The number of fused-ring (bicyclic) bond motifs is 1. The second kappa shape index (κ2) is 12.2. The summed E-state index contributed by atoms with van der Waals surface area (Å²) in [6.07, 6.45) is 11.6. The first-order valence-corrected chi connectivity index (χ1v) is 14.4. The van der Waals surface area contributed by atoms with Crippen molar-refractivity contribution in [3.8, 4) is 0 Å². The number of nitrogens with one attached hydrogen (secondary N) is 3. The van der Waals surface area contributed by atoms with Gasteiger partial charge in [-0.05, 0) is 75.4 Å². The van der Waals surface area contributed by atoms with E-state index in [1.165, 1.54) is 47.8 Å². The lowest BCUT2D eigenvalue weighted by molar-refractivity contribution is 0.102. The molecule has 1 aliphatic carbocycles. The van der Waals surface area contributed by atoms with Crippen molar-refractivity contribution in [1.82, 2.24) is 24.5 Å². The van der Waals surface area contributed by atoms with E-state index in [1.54, 1.807) is 0 Å². The molecule has 1 aromatic carbocycles. The smallest absolute Gasteiger partial charge is 0.276 e. The van der Waals surface area contributed by atoms with Gasteiger partial charge in [0.05, 0.1) is 23.8 Å². The van der Waals surface area contributed by atoms with Gasteiger partial charge < -0.3 is 21.7 Å². The van der Waals surface area contributed by atoms with Gasteiger partial charge in [-0.25, -0.2) is 13.9 Å². The van der Waals surface area contributed by atoms with Gasteiger partial charge in [-0.2, -0.15) is 0 Å². The van der Waals surface area contributed by atoms with Crippen molar-refractivity contribution in [2.45, 2.75) is 63.6 Å². The first-order chi connectivity index (χ1) is 20.0. The van der Waals surface area contributed by atoms with E-state index < -0.39 is 11.7 Å². The molecule has 0 bridgehead atoms. The predicted molar refractivity (Wildman–Crippen MR) is 158 cm³/mol. The van der Waals surface area contributed by atoms with E-state index in [1.807, 2.05) is 6.07 Å². The zero-order valence-corrected chi connectivity index (χ0v) is 23.0. The summed E-state index contributed by atoms with van der Waals surface area (Å²) in [6, 6.07) is 12.2. The summed E-state index contributed by atoms with van der Waals surface area (Å²) in [4.78, 5) is 23.9. The number of rotatable bonds is 8. The van der Waals surface area contributed by atoms with Crippen molar-refractivity contribution in [1.29, 1.82) is 0 Å². The number of likely N-dealkylation sites (tertiary alicyclic amines) is 1. The molecular formula is C30H36FN9O. The van der Waals surface area contributed by atoms with Crippen molar-refractivity contribution in [2.24, 2.45) is 5.73 Å². The summed E-state index contributed by atoms with van der Waals surface area (Å²) in [5, 5.41) is 14.3. The second-order valence-electron chi connectivity index (χ2n) is 11.0. The van der Waals surface area contributed by atoms with Gasteiger partial charge in [0, 0.05) is 36.6 Å². The minimum atomic E-state index is -0.619. The van der Waals surface area contributed by atoms with Gasteiger partial charge in [0.15, 0.2) is 17.2 Å². The molecule has 0 unspecified atom stereocenters. The number of pyridine rings is 1. The molecule has 2 fully saturated rings. The van der Waals surface area contributed by atoms with Crippen LogP contribution in [0.2, 0.25) is 0 Å². The highest BCUT2D eigenvalue weighted by Gasteiger charge is 2.22. The Morgan fingerprint density at radius 2 is 1.78 bits per heavy atom. The van der Waals surface area contributed by atoms with Crippen molar-refractivity contribution < 1.29 is 9.18 Å². The molecule has 5 N–H and O–H groups in total. The van der Waals surface area contributed by atoms with E-state index in [0.717, 1.165) is 57.2 Å². The lowest BCUT2D eigenvalue weighted by Gasteiger charge is -2.27. The number of anilines is 4. The molecule has 1 saturated heterocycles. The third kappa shape index (κ3) is 6.47. The van der Waals surface area contributed by atoms with Crippen LogP contribution in [0.15, 0.2) is 55.0 Å². The van der Waals surface area contributed by atoms with Crippen LogP contribution < -0.4 is 21.7 Å². The summed E-state index contributed by atoms with van der Waals surface area (Å²) < 4.78 is 15.7. The van der Waals surface area contributed by atoms with Crippen LogP contribution in [0.25, 0.3) is 5.65 Å². The molecule has 6 rings (SSSR count). The molecule has 1 amide bonds. The third-order valence-corrected chi connectivity index (χ3v) is 7.93. The van der Waals surface area contributed by atoms with Crippen LogP contribution in [0.5, 0.6) is 0 Å². The van der Waals surface area contributed by atoms with Crippen LogP contribution in [0.4, 0.5) is 27.3 Å². The van der Waals surface area contributed by atoms with E-state index in [-0.39, 0.29) is 23.5 Å². The van der Waals surface area contributed by atoms with Gasteiger partial charge in [-0.15, -0.1) is 5.10 Å². The molecule has 41 heavy (non-hydrogen) atoms. The Hall–Kier alpha value is -4.09. The normalized spacial score (nSPS) is 19.7. The van der Waals surface area contributed by atoms with Crippen LogP contribution in [-0.4, -0.2) is 55.6 Å². The van der Waals surface area contributed by atoms with E-state index in [4.69, 9.17) is 10.8 Å². The SMILES string of the molecule is N[C@H]1CC[C@H](Nc2cc(Nc3ccc(CN4CCCCC4)cc3)c3ncc(C(=O)Nc4ccncc4F)n3n2)CC1. The standard InChI is InChI=1S/C30H36FN9O/c31-24-17-33-13-12-25(24)37-30(41)27-18-34-29-26(16-28(38-40(27)29)36-23-10-6-21(32)7-11-23)35-22-8-4-20(5-9-22)19-39-14-2-1-3-15-39/h4-5,8-9,12-13,16-18,21,23,35H,1-3,6-7,10-11,14-15,19,32H2,(H,36,38)(H,33,37,41)/t21-,23-. The molecule has 4 aromatic rings. The van der Waals surface area contributed by atoms with Gasteiger partial charge in [0.1, 0.15) is 5.82 Å². The Morgan fingerprint density at radius 1 is 1.00 bits per heavy atom. The maximum Gasteiger partial charge on any atom is 0.276 e. The maximum atomic E-state index is 14.2. The molecule has 3 aromatic heterocycles. The number of benzene rings is 1. The molecule has 1 aliphatic heterocycles. The second-order valence-corrected chi connectivity index (χ2v) is 11.0. The Kier molecular flexibility index (Phi) is 8.06. The minimum absolute atomic E-state index is 0.0377. The number of hydrogen-bond donors (Lipinski definition) is 4. The summed E-state index contributed by atoms with van der Waals surface area (Å²) >= 11 is 0. The molecule has 0 spiro atoms. The lowest BCUT2D eigenvalue weighted by Crippen LogP contribution is -2.33. The zero-order chi connectivity index (χ0) is 28.2. The summed E-state index contributed by atoms with van der Waals surface area (Å²) in [7, 11) is 0. The number of piperidine rings is 1. The number of aromatic nitrogens is 4. The number of halogens is 1. The van der Waals surface area contributed by atoms with Crippen molar-refractivity contribution in [3.05, 3.63) is 72.1 Å². The van der Waals surface area contributed by atoms with E-state index >= 15 is 0 Å². The molecule has 2 aliphatic rings. The van der Waals surface area contributed by atoms with E-state index in [9.17, 15) is 9.18 Å². The molecule has 11 heteroatoms. The molecular weight excluding hydrogens is 521 g/mol. The summed E-state index contributed by atoms with van der Waals surface area (Å²) in [6.45, 7) is 3.26. The topological polar surface area (TPSA) is 126 Å². The van der Waals surface area contributed by atoms with E-state index in [2.05, 4.69) is 55.1 Å². The van der Waals surface area contributed by atoms with Crippen molar-refractivity contribution >= 4 is 34.4 Å². The Morgan fingerprint density at radius 3 is 2.54 bits per heavy atom. The van der Waals surface area contributed by atoms with Crippen LogP contribution in [0.1, 0.15) is 61.0 Å². The highest BCUT2D eigenvalue weighted by Crippen LogP contribution is 2.28. The molecule has 10 nitrogen and oxygen atoms in total. The quantitative estimate of drug-likeness (QED) is 0.240. The fraction of sp³-hybridized carbons (Fsp3) is 0.400. The number of nitrogens with two attached hydrogens (primary N) is 1. The van der Waals surface area contributed by atoms with Crippen LogP contribution in [0.3, 0.4) is 0 Å². The maximum absolute atomic E-state index is 14.2. The van der Waals surface area contributed by atoms with Crippen LogP contribution in [0, 0.1) is 5.82 Å². The first-order valence-electron chi connectivity index (χ1n) is 14.4. The Balaban J connectivity index is 1.27. The average molecular weight is 558 g/mol. The van der Waals surface area contributed by atoms with E-state index in [0.29, 0.717) is 17.2 Å². The van der Waals surface area contributed by atoms with Gasteiger partial charge in [-0.3, -0.25) is 14.7 Å². The van der Waals surface area contributed by atoms with Gasteiger partial charge in [0.25, 0.3) is 5.91 Å². The van der Waals surface area contributed by atoms with Crippen LogP contribution >= 0.6 is 0 Å². The minimum Gasteiger partial charge on any atom is -0.366 e. The number of amides is 1. The molecule has 214 valence electrons. The van der Waals surface area contributed by atoms with Crippen LogP contribution in [-0.2, 0) is 6.54 Å². The predicted octanol–water partition coefficient (Wildman–Crippen LogP) is 4.93. The highest BCUT2D eigenvalue weighted by molar-refractivity contribution is 6.03. The molecule has 0 atom stereocenters. The third-order valence-electron chi connectivity index (χ3n) is 7.93. The highest BCUT2D eigenvalue weighted by atomic mass is 19.1. The van der Waals surface area contributed by atoms with Gasteiger partial charge >= 0.3 is 0 Å².